The van der Waals surface area contributed by atoms with Gasteiger partial charge in [-0.1, -0.05) is 13.0 Å². The van der Waals surface area contributed by atoms with Crippen LogP contribution in [0, 0.1) is 0 Å². The molecule has 2 aromatic rings. The molecule has 0 aromatic carbocycles. The van der Waals surface area contributed by atoms with E-state index in [0.29, 0.717) is 6.04 Å². The lowest BCUT2D eigenvalue weighted by Gasteiger charge is -2.11. The summed E-state index contributed by atoms with van der Waals surface area (Å²) in [7, 11) is 0. The third-order valence-electron chi connectivity index (χ3n) is 2.45. The molecule has 0 saturated heterocycles. The zero-order valence-corrected chi connectivity index (χ0v) is 10.3. The fourth-order valence-electron chi connectivity index (χ4n) is 1.35. The third kappa shape index (κ3) is 2.58. The summed E-state index contributed by atoms with van der Waals surface area (Å²) < 4.78 is 0. The standard InChI is InChI=1S/C12H15N3S/c1-3-9(2)15-12-7-10(13-8-14-12)11-5-4-6-16-11/h4-9H,3H2,1-2H3,(H,13,14,15). The van der Waals surface area contributed by atoms with E-state index in [2.05, 4.69) is 40.6 Å². The van der Waals surface area contributed by atoms with Gasteiger partial charge in [0.15, 0.2) is 0 Å². The third-order valence-corrected chi connectivity index (χ3v) is 3.34. The Labute approximate surface area is 99.6 Å². The predicted octanol–water partition coefficient (Wildman–Crippen LogP) is 3.42. The van der Waals surface area contributed by atoms with Gasteiger partial charge in [0, 0.05) is 12.1 Å². The molecule has 0 saturated carbocycles. The van der Waals surface area contributed by atoms with Crippen LogP contribution < -0.4 is 5.32 Å². The molecule has 1 atom stereocenters. The fraction of sp³-hybridized carbons (Fsp3) is 0.333. The molecule has 0 aliphatic heterocycles. The van der Waals surface area contributed by atoms with Gasteiger partial charge in [-0.15, -0.1) is 11.3 Å². The minimum absolute atomic E-state index is 0.436. The van der Waals surface area contributed by atoms with Gasteiger partial charge in [0.25, 0.3) is 0 Å². The summed E-state index contributed by atoms with van der Waals surface area (Å²) in [5.74, 6) is 0.896. The van der Waals surface area contributed by atoms with E-state index in [1.165, 1.54) is 4.88 Å². The Morgan fingerprint density at radius 1 is 1.44 bits per heavy atom. The maximum Gasteiger partial charge on any atom is 0.130 e. The molecule has 0 aliphatic carbocycles. The van der Waals surface area contributed by atoms with Crippen molar-refractivity contribution in [3.8, 4) is 10.6 Å². The van der Waals surface area contributed by atoms with Crippen molar-refractivity contribution in [2.24, 2.45) is 0 Å². The summed E-state index contributed by atoms with van der Waals surface area (Å²) in [4.78, 5) is 9.67. The van der Waals surface area contributed by atoms with Gasteiger partial charge < -0.3 is 5.32 Å². The minimum Gasteiger partial charge on any atom is -0.368 e. The van der Waals surface area contributed by atoms with E-state index < -0.39 is 0 Å². The van der Waals surface area contributed by atoms with Gasteiger partial charge in [0.1, 0.15) is 12.1 Å². The molecular weight excluding hydrogens is 218 g/mol. The van der Waals surface area contributed by atoms with Crippen molar-refractivity contribution in [3.05, 3.63) is 29.9 Å². The number of nitrogens with one attached hydrogen (secondary N) is 1. The lowest BCUT2D eigenvalue weighted by Crippen LogP contribution is -2.14. The van der Waals surface area contributed by atoms with Crippen LogP contribution in [0.4, 0.5) is 5.82 Å². The largest absolute Gasteiger partial charge is 0.368 e. The quantitative estimate of drug-likeness (QED) is 0.879. The Kier molecular flexibility index (Phi) is 3.51. The average molecular weight is 233 g/mol. The molecule has 16 heavy (non-hydrogen) atoms. The lowest BCUT2D eigenvalue weighted by atomic mass is 10.2. The Morgan fingerprint density at radius 3 is 3.00 bits per heavy atom. The van der Waals surface area contributed by atoms with Gasteiger partial charge >= 0.3 is 0 Å². The second kappa shape index (κ2) is 5.07. The van der Waals surface area contributed by atoms with E-state index in [0.717, 1.165) is 17.9 Å². The Balaban J connectivity index is 2.20. The molecule has 2 aromatic heterocycles. The molecule has 0 fully saturated rings. The second-order valence-electron chi connectivity index (χ2n) is 3.72. The van der Waals surface area contributed by atoms with Gasteiger partial charge in [-0.2, -0.15) is 0 Å². The molecule has 4 heteroatoms. The van der Waals surface area contributed by atoms with E-state index >= 15 is 0 Å². The molecule has 2 rings (SSSR count). The zero-order valence-electron chi connectivity index (χ0n) is 9.47. The SMILES string of the molecule is CCC(C)Nc1cc(-c2cccs2)ncn1. The first-order chi connectivity index (χ1) is 7.79. The van der Waals surface area contributed by atoms with Crippen molar-refractivity contribution < 1.29 is 0 Å². The number of aromatic nitrogens is 2. The number of rotatable bonds is 4. The Hall–Kier alpha value is -1.42. The monoisotopic (exact) mass is 233 g/mol. The topological polar surface area (TPSA) is 37.8 Å². The summed E-state index contributed by atoms with van der Waals surface area (Å²) in [6.07, 6.45) is 2.69. The maximum atomic E-state index is 4.27. The highest BCUT2D eigenvalue weighted by molar-refractivity contribution is 7.13. The van der Waals surface area contributed by atoms with E-state index in [9.17, 15) is 0 Å². The smallest absolute Gasteiger partial charge is 0.130 e. The van der Waals surface area contributed by atoms with Crippen LogP contribution in [0.3, 0.4) is 0 Å². The normalized spacial score (nSPS) is 12.4. The molecule has 0 amide bonds. The molecule has 0 aliphatic rings. The highest BCUT2D eigenvalue weighted by Crippen LogP contribution is 2.23. The van der Waals surface area contributed by atoms with Crippen LogP contribution in [0.25, 0.3) is 10.6 Å². The highest BCUT2D eigenvalue weighted by atomic mass is 32.1. The highest BCUT2D eigenvalue weighted by Gasteiger charge is 2.04. The van der Waals surface area contributed by atoms with Gasteiger partial charge in [-0.3, -0.25) is 0 Å². The van der Waals surface area contributed by atoms with Crippen LogP contribution in [-0.2, 0) is 0 Å². The van der Waals surface area contributed by atoms with E-state index in [1.54, 1.807) is 17.7 Å². The Morgan fingerprint density at radius 2 is 2.31 bits per heavy atom. The summed E-state index contributed by atoms with van der Waals surface area (Å²) >= 11 is 1.69. The first kappa shape index (κ1) is 11.1. The number of hydrogen-bond acceptors (Lipinski definition) is 4. The van der Waals surface area contributed by atoms with Crippen LogP contribution in [-0.4, -0.2) is 16.0 Å². The van der Waals surface area contributed by atoms with Crippen LogP contribution in [0.2, 0.25) is 0 Å². The van der Waals surface area contributed by atoms with E-state index in [4.69, 9.17) is 0 Å². The molecule has 0 bridgehead atoms. The van der Waals surface area contributed by atoms with Crippen molar-refractivity contribution in [2.45, 2.75) is 26.3 Å². The van der Waals surface area contributed by atoms with Gasteiger partial charge in [-0.05, 0) is 24.8 Å². The van der Waals surface area contributed by atoms with Gasteiger partial charge in [0.2, 0.25) is 0 Å². The molecule has 84 valence electrons. The van der Waals surface area contributed by atoms with Crippen LogP contribution >= 0.6 is 11.3 Å². The van der Waals surface area contributed by atoms with Crippen molar-refractivity contribution >= 4 is 17.2 Å². The fourth-order valence-corrected chi connectivity index (χ4v) is 2.04. The number of hydrogen-bond donors (Lipinski definition) is 1. The van der Waals surface area contributed by atoms with E-state index in [1.807, 2.05) is 12.1 Å². The summed E-state index contributed by atoms with van der Waals surface area (Å²) in [5, 5.41) is 5.40. The predicted molar refractivity (Wildman–Crippen MR) is 68.7 cm³/mol. The lowest BCUT2D eigenvalue weighted by molar-refractivity contribution is 0.758. The van der Waals surface area contributed by atoms with Crippen LogP contribution in [0.15, 0.2) is 29.9 Å². The molecule has 2 heterocycles. The summed E-state index contributed by atoms with van der Waals surface area (Å²) in [6, 6.07) is 6.54. The van der Waals surface area contributed by atoms with Crippen LogP contribution in [0.1, 0.15) is 20.3 Å². The first-order valence-corrected chi connectivity index (χ1v) is 6.30. The molecule has 1 unspecified atom stereocenters. The van der Waals surface area contributed by atoms with Crippen molar-refractivity contribution in [3.63, 3.8) is 0 Å². The van der Waals surface area contributed by atoms with Gasteiger partial charge in [-0.25, -0.2) is 9.97 Å². The van der Waals surface area contributed by atoms with Crippen molar-refractivity contribution in [2.75, 3.05) is 5.32 Å². The number of thiophene rings is 1. The molecule has 1 N–H and O–H groups in total. The zero-order chi connectivity index (χ0) is 11.4. The van der Waals surface area contributed by atoms with Gasteiger partial charge in [0.05, 0.1) is 10.6 Å². The summed E-state index contributed by atoms with van der Waals surface area (Å²) in [5.41, 5.74) is 0.982. The van der Waals surface area contributed by atoms with Crippen LogP contribution in [0.5, 0.6) is 0 Å². The number of anilines is 1. The minimum atomic E-state index is 0.436. The van der Waals surface area contributed by atoms with Crippen molar-refractivity contribution in [1.82, 2.24) is 9.97 Å². The molecule has 0 spiro atoms. The van der Waals surface area contributed by atoms with E-state index in [-0.39, 0.29) is 0 Å². The second-order valence-corrected chi connectivity index (χ2v) is 4.67. The van der Waals surface area contributed by atoms with Crippen molar-refractivity contribution in [1.29, 1.82) is 0 Å². The Bertz CT molecular complexity index is 439. The summed E-state index contributed by atoms with van der Waals surface area (Å²) in [6.45, 7) is 4.30. The first-order valence-electron chi connectivity index (χ1n) is 5.42. The molecule has 3 nitrogen and oxygen atoms in total. The molecule has 0 radical (unpaired) electrons. The average Bonchev–Trinajstić information content (AvgIpc) is 2.83. The number of nitrogens with zero attached hydrogens (tertiary/aromatic N) is 2. The maximum absolute atomic E-state index is 4.27. The molecular formula is C12H15N3S.